The Kier molecular flexibility index (Phi) is 6.33. The van der Waals surface area contributed by atoms with Gasteiger partial charge in [-0.2, -0.15) is 8.78 Å². The van der Waals surface area contributed by atoms with Gasteiger partial charge in [0.15, 0.2) is 11.5 Å². The Morgan fingerprint density at radius 1 is 1.13 bits per heavy atom. The number of alkyl halides is 2. The van der Waals surface area contributed by atoms with Crippen LogP contribution in [-0.2, 0) is 20.5 Å². The largest absolute Gasteiger partial charge is 0.493 e. The molecule has 1 amide bonds. The topological polar surface area (TPSA) is 104 Å². The van der Waals surface area contributed by atoms with Crippen LogP contribution in [0.1, 0.15) is 16.1 Å². The second-order valence-electron chi connectivity index (χ2n) is 6.64. The van der Waals surface area contributed by atoms with Gasteiger partial charge in [-0.25, -0.2) is 9.78 Å². The molecule has 2 heterocycles. The van der Waals surface area contributed by atoms with Crippen LogP contribution < -0.4 is 26.0 Å². The molecule has 0 spiro atoms. The third kappa shape index (κ3) is 4.55. The molecule has 0 saturated heterocycles. The first-order chi connectivity index (χ1) is 14.7. The van der Waals surface area contributed by atoms with Gasteiger partial charge < -0.3 is 14.8 Å². The number of nitrogens with zero attached hydrogens (tertiary/aromatic N) is 3. The number of fused-ring (bicyclic) bond motifs is 1. The Morgan fingerprint density at radius 3 is 2.55 bits per heavy atom. The highest BCUT2D eigenvalue weighted by Gasteiger charge is 2.14. The molecule has 0 unspecified atom stereocenters. The zero-order valence-corrected chi connectivity index (χ0v) is 17.0. The molecule has 31 heavy (non-hydrogen) atoms. The first-order valence-electron chi connectivity index (χ1n) is 9.19. The van der Waals surface area contributed by atoms with E-state index in [0.717, 1.165) is 4.57 Å². The number of pyridine rings is 1. The lowest BCUT2D eigenvalue weighted by Gasteiger charge is -2.12. The highest BCUT2D eigenvalue weighted by atomic mass is 19.3. The van der Waals surface area contributed by atoms with Crippen LogP contribution >= 0.6 is 0 Å². The first kappa shape index (κ1) is 21.9. The summed E-state index contributed by atoms with van der Waals surface area (Å²) in [5.74, 6) is -0.433. The number of methoxy groups -OCH3 is 1. The average Bonchev–Trinajstić information content (AvgIpc) is 2.75. The fourth-order valence-electron chi connectivity index (χ4n) is 3.06. The van der Waals surface area contributed by atoms with Gasteiger partial charge in [0.2, 0.25) is 0 Å². The van der Waals surface area contributed by atoms with Crippen LogP contribution in [0.4, 0.5) is 8.78 Å². The van der Waals surface area contributed by atoms with E-state index < -0.39 is 23.8 Å². The lowest BCUT2D eigenvalue weighted by Crippen LogP contribution is -2.37. The van der Waals surface area contributed by atoms with Gasteiger partial charge >= 0.3 is 12.3 Å². The third-order valence-electron chi connectivity index (χ3n) is 4.68. The van der Waals surface area contributed by atoms with Crippen molar-refractivity contribution in [3.8, 4) is 11.5 Å². The number of aromatic nitrogens is 3. The molecule has 0 radical (unpaired) electrons. The van der Waals surface area contributed by atoms with Crippen LogP contribution in [0.15, 0.2) is 39.9 Å². The normalized spacial score (nSPS) is 11.0. The van der Waals surface area contributed by atoms with E-state index in [0.29, 0.717) is 12.0 Å². The van der Waals surface area contributed by atoms with Crippen molar-refractivity contribution in [1.29, 1.82) is 0 Å². The van der Waals surface area contributed by atoms with Crippen LogP contribution in [0.5, 0.6) is 11.5 Å². The Morgan fingerprint density at radius 2 is 1.87 bits per heavy atom. The standard InChI is InChI=1S/C20H20F2N4O5/c1-25-16-12(18(28)26(2)20(25)29)5-6-13(24-16)17(27)23-9-8-11-4-7-14(30-3)15(10-11)31-19(21)22/h4-7,10,19H,8-9H2,1-3H3,(H,23,27). The van der Waals surface area contributed by atoms with E-state index in [9.17, 15) is 23.2 Å². The van der Waals surface area contributed by atoms with Gasteiger partial charge in [0.05, 0.1) is 12.5 Å². The predicted molar refractivity (Wildman–Crippen MR) is 108 cm³/mol. The summed E-state index contributed by atoms with van der Waals surface area (Å²) < 4.78 is 36.7. The lowest BCUT2D eigenvalue weighted by atomic mass is 10.1. The number of nitrogens with one attached hydrogen (secondary N) is 1. The SMILES string of the molecule is COc1ccc(CCNC(=O)c2ccc3c(=O)n(C)c(=O)n(C)c3n2)cc1OC(F)F. The monoisotopic (exact) mass is 434 g/mol. The Labute approximate surface area is 174 Å². The number of hydrogen-bond donors (Lipinski definition) is 1. The lowest BCUT2D eigenvalue weighted by molar-refractivity contribution is -0.0512. The van der Waals surface area contributed by atoms with Gasteiger partial charge in [0, 0.05) is 20.6 Å². The van der Waals surface area contributed by atoms with Gasteiger partial charge in [0.1, 0.15) is 11.3 Å². The molecule has 0 aliphatic rings. The minimum absolute atomic E-state index is 0.0345. The Bertz CT molecular complexity index is 1250. The van der Waals surface area contributed by atoms with Crippen LogP contribution in [0.2, 0.25) is 0 Å². The van der Waals surface area contributed by atoms with E-state index in [2.05, 4.69) is 15.0 Å². The zero-order valence-electron chi connectivity index (χ0n) is 17.0. The molecule has 9 nitrogen and oxygen atoms in total. The summed E-state index contributed by atoms with van der Waals surface area (Å²) in [5, 5.41) is 2.88. The summed E-state index contributed by atoms with van der Waals surface area (Å²) in [6.45, 7) is -2.80. The van der Waals surface area contributed by atoms with Gasteiger partial charge in [0.25, 0.3) is 11.5 Å². The second-order valence-corrected chi connectivity index (χ2v) is 6.64. The van der Waals surface area contributed by atoms with Gasteiger partial charge in [-0.3, -0.25) is 18.7 Å². The van der Waals surface area contributed by atoms with Crippen molar-refractivity contribution in [3.05, 3.63) is 62.4 Å². The highest BCUT2D eigenvalue weighted by molar-refractivity contribution is 5.94. The maximum absolute atomic E-state index is 12.5. The van der Waals surface area contributed by atoms with Crippen molar-refractivity contribution in [2.75, 3.05) is 13.7 Å². The van der Waals surface area contributed by atoms with Gasteiger partial charge in [-0.05, 0) is 36.2 Å². The van der Waals surface area contributed by atoms with Crippen molar-refractivity contribution in [2.24, 2.45) is 14.1 Å². The molecule has 3 rings (SSSR count). The number of amides is 1. The molecule has 2 aromatic heterocycles. The number of halogens is 2. The summed E-state index contributed by atoms with van der Waals surface area (Å²) >= 11 is 0. The summed E-state index contributed by atoms with van der Waals surface area (Å²) in [6, 6.07) is 7.42. The molecule has 0 saturated carbocycles. The number of rotatable bonds is 7. The fraction of sp³-hybridized carbons (Fsp3) is 0.300. The molecular formula is C20H20F2N4O5. The molecular weight excluding hydrogens is 414 g/mol. The van der Waals surface area contributed by atoms with Crippen LogP contribution in [0.25, 0.3) is 11.0 Å². The predicted octanol–water partition coefficient (Wildman–Crippen LogP) is 1.21. The average molecular weight is 434 g/mol. The molecule has 0 aliphatic carbocycles. The summed E-state index contributed by atoms with van der Waals surface area (Å²) in [7, 11) is 4.17. The third-order valence-corrected chi connectivity index (χ3v) is 4.68. The molecule has 11 heteroatoms. The van der Waals surface area contributed by atoms with Crippen LogP contribution in [0.3, 0.4) is 0 Å². The minimum atomic E-state index is -2.99. The fourth-order valence-corrected chi connectivity index (χ4v) is 3.06. The quantitative estimate of drug-likeness (QED) is 0.600. The van der Waals surface area contributed by atoms with Crippen molar-refractivity contribution in [1.82, 2.24) is 19.4 Å². The maximum Gasteiger partial charge on any atom is 0.387 e. The maximum atomic E-state index is 12.5. The zero-order chi connectivity index (χ0) is 22.7. The number of aryl methyl sites for hydroxylation is 1. The molecule has 3 aromatic rings. The minimum Gasteiger partial charge on any atom is -0.493 e. The number of benzene rings is 1. The van der Waals surface area contributed by atoms with E-state index in [-0.39, 0.29) is 34.8 Å². The molecule has 1 N–H and O–H groups in total. The molecule has 0 atom stereocenters. The van der Waals surface area contributed by atoms with Crippen molar-refractivity contribution >= 4 is 16.9 Å². The Hall–Kier alpha value is -3.76. The highest BCUT2D eigenvalue weighted by Crippen LogP contribution is 2.29. The van der Waals surface area contributed by atoms with Crippen LogP contribution in [0, 0.1) is 0 Å². The van der Waals surface area contributed by atoms with E-state index in [1.807, 2.05) is 0 Å². The van der Waals surface area contributed by atoms with Crippen molar-refractivity contribution in [2.45, 2.75) is 13.0 Å². The van der Waals surface area contributed by atoms with E-state index >= 15 is 0 Å². The molecule has 0 bridgehead atoms. The number of carbonyl (C=O) groups is 1. The van der Waals surface area contributed by atoms with Crippen molar-refractivity contribution < 1.29 is 23.0 Å². The number of hydrogen-bond acceptors (Lipinski definition) is 6. The second kappa shape index (κ2) is 8.94. The van der Waals surface area contributed by atoms with E-state index in [1.54, 1.807) is 6.07 Å². The van der Waals surface area contributed by atoms with Crippen molar-refractivity contribution in [3.63, 3.8) is 0 Å². The number of carbonyl (C=O) groups excluding carboxylic acids is 1. The van der Waals surface area contributed by atoms with Gasteiger partial charge in [-0.15, -0.1) is 0 Å². The first-order valence-corrected chi connectivity index (χ1v) is 9.19. The smallest absolute Gasteiger partial charge is 0.387 e. The van der Waals surface area contributed by atoms with E-state index in [1.165, 1.54) is 50.0 Å². The van der Waals surface area contributed by atoms with Crippen LogP contribution in [-0.4, -0.2) is 40.3 Å². The summed E-state index contributed by atoms with van der Waals surface area (Å²) in [5.41, 5.74) is -0.270. The summed E-state index contributed by atoms with van der Waals surface area (Å²) in [4.78, 5) is 40.9. The molecule has 164 valence electrons. The van der Waals surface area contributed by atoms with E-state index in [4.69, 9.17) is 4.74 Å². The Balaban J connectivity index is 1.74. The molecule has 0 fully saturated rings. The number of ether oxygens (including phenoxy) is 2. The molecule has 1 aromatic carbocycles. The summed E-state index contributed by atoms with van der Waals surface area (Å²) in [6.07, 6.45) is 0.335. The van der Waals surface area contributed by atoms with Gasteiger partial charge in [-0.1, -0.05) is 6.07 Å². The molecule has 0 aliphatic heterocycles.